The Morgan fingerprint density at radius 2 is 1.87 bits per heavy atom. The first-order chi connectivity index (χ1) is 11.0. The highest BCUT2D eigenvalue weighted by molar-refractivity contribution is 5.82. The largest absolute Gasteiger partial charge is 0.463 e. The summed E-state index contributed by atoms with van der Waals surface area (Å²) in [6, 6.07) is 12.7. The number of benzene rings is 2. The number of carbonyl (C=O) groups excluding carboxylic acids is 1. The van der Waals surface area contributed by atoms with Crippen molar-refractivity contribution in [3.8, 4) is 11.1 Å². The lowest BCUT2D eigenvalue weighted by atomic mass is 9.96. The van der Waals surface area contributed by atoms with Gasteiger partial charge in [-0.15, -0.1) is 0 Å². The van der Waals surface area contributed by atoms with Gasteiger partial charge in [0.05, 0.1) is 6.61 Å². The van der Waals surface area contributed by atoms with Crippen molar-refractivity contribution < 1.29 is 13.9 Å². The zero-order valence-electron chi connectivity index (χ0n) is 13.7. The van der Waals surface area contributed by atoms with Crippen molar-refractivity contribution in [1.82, 2.24) is 0 Å². The lowest BCUT2D eigenvalue weighted by molar-refractivity contribution is -0.137. The number of hydrogen-bond acceptors (Lipinski definition) is 2. The lowest BCUT2D eigenvalue weighted by Crippen LogP contribution is -2.01. The molecule has 0 aliphatic rings. The molecule has 120 valence electrons. The third-order valence-corrected chi connectivity index (χ3v) is 3.58. The van der Waals surface area contributed by atoms with Crippen LogP contribution in [0.25, 0.3) is 11.1 Å². The molecule has 2 nitrogen and oxygen atoms in total. The smallest absolute Gasteiger partial charge is 0.330 e. The van der Waals surface area contributed by atoms with Crippen LogP contribution in [-0.4, -0.2) is 12.6 Å². The molecule has 0 aliphatic heterocycles. The maximum Gasteiger partial charge on any atom is 0.330 e. The molecule has 0 amide bonds. The van der Waals surface area contributed by atoms with E-state index in [9.17, 15) is 9.18 Å². The summed E-state index contributed by atoms with van der Waals surface area (Å²) < 4.78 is 17.9. The third-order valence-electron chi connectivity index (χ3n) is 3.58. The number of rotatable bonds is 5. The van der Waals surface area contributed by atoms with Crippen molar-refractivity contribution in [2.75, 3.05) is 6.61 Å². The first kappa shape index (κ1) is 16.9. The van der Waals surface area contributed by atoms with Gasteiger partial charge in [0.2, 0.25) is 0 Å². The van der Waals surface area contributed by atoms with Gasteiger partial charge in [0.1, 0.15) is 5.82 Å². The molecule has 0 fully saturated rings. The normalized spacial score (nSPS) is 11.4. The second kappa shape index (κ2) is 7.73. The molecule has 0 saturated heterocycles. The van der Waals surface area contributed by atoms with E-state index in [0.29, 0.717) is 13.0 Å². The van der Waals surface area contributed by atoms with Crippen LogP contribution in [0.4, 0.5) is 4.39 Å². The van der Waals surface area contributed by atoms with Crippen molar-refractivity contribution in [3.63, 3.8) is 0 Å². The molecule has 23 heavy (non-hydrogen) atoms. The molecule has 0 aliphatic carbocycles. The van der Waals surface area contributed by atoms with Crippen LogP contribution >= 0.6 is 0 Å². The Morgan fingerprint density at radius 1 is 1.17 bits per heavy atom. The fourth-order valence-electron chi connectivity index (χ4n) is 2.55. The van der Waals surface area contributed by atoms with E-state index in [1.165, 1.54) is 18.2 Å². The molecule has 0 saturated carbocycles. The highest BCUT2D eigenvalue weighted by Gasteiger charge is 2.05. The Morgan fingerprint density at radius 3 is 2.48 bits per heavy atom. The molecule has 2 aromatic rings. The van der Waals surface area contributed by atoms with E-state index in [1.54, 1.807) is 19.1 Å². The summed E-state index contributed by atoms with van der Waals surface area (Å²) in [6.07, 6.45) is 2.23. The highest BCUT2D eigenvalue weighted by atomic mass is 19.1. The number of hydrogen-bond donors (Lipinski definition) is 0. The summed E-state index contributed by atoms with van der Waals surface area (Å²) in [5, 5.41) is 0. The number of carbonyl (C=O) groups is 1. The highest BCUT2D eigenvalue weighted by Crippen LogP contribution is 2.25. The van der Waals surface area contributed by atoms with Crippen LogP contribution in [0.15, 0.2) is 54.1 Å². The monoisotopic (exact) mass is 312 g/mol. The molecular formula is C20H21FO2. The standard InChI is InChI=1S/C20H21FO2/c1-4-23-20(22)12-14(2)11-16-5-10-19(15(3)13-16)17-6-8-18(21)9-7-17/h5-10,12-13H,4,11H2,1-3H3. The van der Waals surface area contributed by atoms with Crippen LogP contribution in [0.3, 0.4) is 0 Å². The van der Waals surface area contributed by atoms with E-state index in [1.807, 2.05) is 26.0 Å². The molecule has 2 aromatic carbocycles. The fourth-order valence-corrected chi connectivity index (χ4v) is 2.55. The molecule has 3 heteroatoms. The van der Waals surface area contributed by atoms with Crippen LogP contribution in [0.5, 0.6) is 0 Å². The summed E-state index contributed by atoms with van der Waals surface area (Å²) in [7, 11) is 0. The van der Waals surface area contributed by atoms with Crippen LogP contribution in [0, 0.1) is 12.7 Å². The summed E-state index contributed by atoms with van der Waals surface area (Å²) in [4.78, 5) is 11.4. The van der Waals surface area contributed by atoms with E-state index < -0.39 is 0 Å². The van der Waals surface area contributed by atoms with E-state index in [-0.39, 0.29) is 11.8 Å². The van der Waals surface area contributed by atoms with Gasteiger partial charge in [-0.2, -0.15) is 0 Å². The van der Waals surface area contributed by atoms with Gasteiger partial charge in [-0.3, -0.25) is 0 Å². The average molecular weight is 312 g/mol. The molecule has 0 bridgehead atoms. The van der Waals surface area contributed by atoms with Gasteiger partial charge >= 0.3 is 5.97 Å². The van der Waals surface area contributed by atoms with E-state index in [4.69, 9.17) is 4.74 Å². The Labute approximate surface area is 136 Å². The molecule has 0 heterocycles. The minimum absolute atomic E-state index is 0.234. The van der Waals surface area contributed by atoms with Crippen molar-refractivity contribution in [2.45, 2.75) is 27.2 Å². The van der Waals surface area contributed by atoms with Crippen molar-refractivity contribution in [2.24, 2.45) is 0 Å². The predicted octanol–water partition coefficient (Wildman–Crippen LogP) is 4.85. The lowest BCUT2D eigenvalue weighted by Gasteiger charge is -2.09. The first-order valence-corrected chi connectivity index (χ1v) is 7.69. The summed E-state index contributed by atoms with van der Waals surface area (Å²) in [5.41, 5.74) is 5.29. The zero-order valence-corrected chi connectivity index (χ0v) is 13.7. The van der Waals surface area contributed by atoms with Crippen LogP contribution in [0.1, 0.15) is 25.0 Å². The minimum atomic E-state index is -0.301. The number of halogens is 1. The van der Waals surface area contributed by atoms with E-state index >= 15 is 0 Å². The van der Waals surface area contributed by atoms with Crippen molar-refractivity contribution in [3.05, 3.63) is 71.1 Å². The third kappa shape index (κ3) is 4.78. The predicted molar refractivity (Wildman–Crippen MR) is 90.7 cm³/mol. The summed E-state index contributed by atoms with van der Waals surface area (Å²) >= 11 is 0. The number of ether oxygens (including phenoxy) is 1. The van der Waals surface area contributed by atoms with Crippen LogP contribution < -0.4 is 0 Å². The van der Waals surface area contributed by atoms with Crippen LogP contribution in [0.2, 0.25) is 0 Å². The van der Waals surface area contributed by atoms with Gasteiger partial charge in [-0.05, 0) is 61.6 Å². The number of esters is 1. The van der Waals surface area contributed by atoms with Crippen LogP contribution in [-0.2, 0) is 16.0 Å². The summed E-state index contributed by atoms with van der Waals surface area (Å²) in [6.45, 7) is 6.12. The first-order valence-electron chi connectivity index (χ1n) is 7.69. The second-order valence-electron chi connectivity index (χ2n) is 5.58. The average Bonchev–Trinajstić information content (AvgIpc) is 2.48. The van der Waals surface area contributed by atoms with E-state index in [2.05, 4.69) is 6.07 Å². The fraction of sp³-hybridized carbons (Fsp3) is 0.250. The molecule has 0 atom stereocenters. The Kier molecular flexibility index (Phi) is 5.69. The van der Waals surface area contributed by atoms with Gasteiger partial charge in [-0.25, -0.2) is 9.18 Å². The maximum absolute atomic E-state index is 13.0. The summed E-state index contributed by atoms with van der Waals surface area (Å²) in [5.74, 6) is -0.535. The van der Waals surface area contributed by atoms with Crippen molar-refractivity contribution in [1.29, 1.82) is 0 Å². The Balaban J connectivity index is 2.16. The Hall–Kier alpha value is -2.42. The topological polar surface area (TPSA) is 26.3 Å². The van der Waals surface area contributed by atoms with E-state index in [0.717, 1.165) is 27.8 Å². The molecule has 0 aromatic heterocycles. The van der Waals surface area contributed by atoms with Crippen molar-refractivity contribution >= 4 is 5.97 Å². The SMILES string of the molecule is CCOC(=O)C=C(C)Cc1ccc(-c2ccc(F)cc2)c(C)c1. The van der Waals surface area contributed by atoms with Gasteiger partial charge in [0, 0.05) is 6.08 Å². The number of aryl methyl sites for hydroxylation is 1. The maximum atomic E-state index is 13.0. The molecule has 0 N–H and O–H groups in total. The molecule has 0 radical (unpaired) electrons. The van der Waals surface area contributed by atoms with Gasteiger partial charge in [0.15, 0.2) is 0 Å². The quantitative estimate of drug-likeness (QED) is 0.582. The van der Waals surface area contributed by atoms with Gasteiger partial charge < -0.3 is 4.74 Å². The molecule has 0 unspecified atom stereocenters. The zero-order chi connectivity index (χ0) is 16.8. The Bertz CT molecular complexity index is 715. The van der Waals surface area contributed by atoms with Gasteiger partial charge in [0.25, 0.3) is 0 Å². The minimum Gasteiger partial charge on any atom is -0.463 e. The molecule has 2 rings (SSSR count). The molecular weight excluding hydrogens is 291 g/mol. The second-order valence-corrected chi connectivity index (χ2v) is 5.58. The van der Waals surface area contributed by atoms with Gasteiger partial charge in [-0.1, -0.05) is 35.9 Å². The number of allylic oxidation sites excluding steroid dienone is 1. The molecule has 0 spiro atoms.